The molecule has 0 bridgehead atoms. The van der Waals surface area contributed by atoms with Crippen LogP contribution in [0.15, 0.2) is 54.7 Å². The second-order valence-corrected chi connectivity index (χ2v) is 13.0. The number of hydrogen-bond acceptors (Lipinski definition) is 9. The lowest BCUT2D eigenvalue weighted by molar-refractivity contribution is -0.138. The number of ether oxygens (including phenoxy) is 1. The summed E-state index contributed by atoms with van der Waals surface area (Å²) in [4.78, 5) is 57.4. The Morgan fingerprint density at radius 3 is 2.60 bits per heavy atom. The van der Waals surface area contributed by atoms with Crippen molar-refractivity contribution in [3.63, 3.8) is 0 Å². The highest BCUT2D eigenvalue weighted by molar-refractivity contribution is 8.04. The number of sulfonamides is 1. The van der Waals surface area contributed by atoms with E-state index in [4.69, 9.17) is 4.74 Å². The molecule has 2 fully saturated rings. The lowest BCUT2D eigenvalue weighted by Crippen LogP contribution is -2.53. The Kier molecular flexibility index (Phi) is 7.71. The molecule has 40 heavy (non-hydrogen) atoms. The minimum atomic E-state index is -4.55. The highest BCUT2D eigenvalue weighted by atomic mass is 32.2. The Morgan fingerprint density at radius 2 is 1.90 bits per heavy atom. The molecule has 0 spiro atoms. The average Bonchev–Trinajstić information content (AvgIpc) is 3.62. The predicted octanol–water partition coefficient (Wildman–Crippen LogP) is 2.82. The molecule has 3 unspecified atom stereocenters. The summed E-state index contributed by atoms with van der Waals surface area (Å²) in [7, 11) is -4.55. The zero-order valence-corrected chi connectivity index (χ0v) is 23.5. The molecule has 3 atom stereocenters. The molecule has 1 aromatic carbocycles. The fourth-order valence-electron chi connectivity index (χ4n) is 5.23. The van der Waals surface area contributed by atoms with Crippen LogP contribution in [0, 0.1) is 5.92 Å². The SMILES string of the molecule is CC(C)CC(NC(=O)Oc1cc2ccccc2s1)C(=O)N1CCC2C1C(=O)CN2S(=O)(=O)C(=O)c1ccccn1. The molecule has 1 N–H and O–H groups in total. The first-order valence-electron chi connectivity index (χ1n) is 12.8. The third kappa shape index (κ3) is 5.36. The van der Waals surface area contributed by atoms with E-state index in [9.17, 15) is 27.6 Å². The fraction of sp³-hybridized carbons (Fsp3) is 0.370. The van der Waals surface area contributed by atoms with Crippen molar-refractivity contribution in [3.8, 4) is 5.06 Å². The van der Waals surface area contributed by atoms with Crippen LogP contribution in [0.4, 0.5) is 4.79 Å². The number of aromatic nitrogens is 1. The molecule has 0 aliphatic carbocycles. The maximum atomic E-state index is 13.7. The van der Waals surface area contributed by atoms with Gasteiger partial charge >= 0.3 is 11.2 Å². The lowest BCUT2D eigenvalue weighted by Gasteiger charge is -2.28. The van der Waals surface area contributed by atoms with Crippen molar-refractivity contribution in [1.82, 2.24) is 19.5 Å². The number of fused-ring (bicyclic) bond motifs is 2. The third-order valence-corrected chi connectivity index (χ3v) is 9.66. The molecule has 0 radical (unpaired) electrons. The molecule has 11 nitrogen and oxygen atoms in total. The molecule has 2 aromatic heterocycles. The van der Waals surface area contributed by atoms with Crippen molar-refractivity contribution in [2.24, 2.45) is 5.92 Å². The van der Waals surface area contributed by atoms with Gasteiger partial charge < -0.3 is 15.0 Å². The number of hydrogen-bond donors (Lipinski definition) is 1. The van der Waals surface area contributed by atoms with E-state index in [1.54, 1.807) is 12.1 Å². The summed E-state index contributed by atoms with van der Waals surface area (Å²) >= 11 is 1.30. The van der Waals surface area contributed by atoms with Crippen LogP contribution >= 0.6 is 11.3 Å². The standard InChI is InChI=1S/C27H28N4O7S2/c1-16(2)13-19(29-27(35)38-23-14-17-7-3-4-9-22(17)39-23)25(33)30-12-10-20-24(30)21(32)15-31(20)40(36,37)26(34)18-8-5-6-11-28-18/h3-9,11,14,16,19-20,24H,10,12-13,15H2,1-2H3,(H,29,35). The van der Waals surface area contributed by atoms with Crippen LogP contribution in [0.25, 0.3) is 10.1 Å². The molecule has 5 rings (SSSR count). The Morgan fingerprint density at radius 1 is 1.15 bits per heavy atom. The van der Waals surface area contributed by atoms with E-state index in [0.717, 1.165) is 14.4 Å². The first-order valence-corrected chi connectivity index (χ1v) is 15.1. The number of pyridine rings is 1. The smallest absolute Gasteiger partial charge is 0.399 e. The van der Waals surface area contributed by atoms with E-state index in [0.29, 0.717) is 5.06 Å². The van der Waals surface area contributed by atoms with E-state index in [1.807, 2.05) is 38.1 Å². The van der Waals surface area contributed by atoms with Gasteiger partial charge in [-0.05, 0) is 42.3 Å². The minimum absolute atomic E-state index is 0.0177. The average molecular weight is 585 g/mol. The number of Topliss-reactive ketones (excluding diaryl/α,β-unsaturated/α-hetero) is 1. The van der Waals surface area contributed by atoms with Crippen molar-refractivity contribution in [2.75, 3.05) is 13.1 Å². The Labute approximate surface area is 235 Å². The van der Waals surface area contributed by atoms with Crippen LogP contribution in [0.3, 0.4) is 0 Å². The van der Waals surface area contributed by atoms with Gasteiger partial charge in [0, 0.05) is 23.5 Å². The monoisotopic (exact) mass is 584 g/mol. The summed E-state index contributed by atoms with van der Waals surface area (Å²) in [6.07, 6.45) is 0.967. The van der Waals surface area contributed by atoms with Crippen molar-refractivity contribution in [3.05, 3.63) is 60.4 Å². The van der Waals surface area contributed by atoms with E-state index < -0.39 is 57.6 Å². The van der Waals surface area contributed by atoms with Crippen molar-refractivity contribution in [2.45, 2.75) is 44.8 Å². The lowest BCUT2D eigenvalue weighted by atomic mass is 10.0. The zero-order chi connectivity index (χ0) is 28.6. The number of carbonyl (C=O) groups is 4. The van der Waals surface area contributed by atoms with Crippen LogP contribution in [0.1, 0.15) is 37.2 Å². The number of benzene rings is 1. The third-order valence-electron chi connectivity index (χ3n) is 6.97. The Hall–Kier alpha value is -3.68. The summed E-state index contributed by atoms with van der Waals surface area (Å²) < 4.78 is 33.6. The van der Waals surface area contributed by atoms with Gasteiger partial charge in [-0.2, -0.15) is 4.31 Å². The second-order valence-electron chi connectivity index (χ2n) is 10.2. The minimum Gasteiger partial charge on any atom is -0.399 e. The summed E-state index contributed by atoms with van der Waals surface area (Å²) in [6, 6.07) is 10.7. The van der Waals surface area contributed by atoms with Crippen LogP contribution in [-0.4, -0.2) is 76.7 Å². The van der Waals surface area contributed by atoms with Gasteiger partial charge in [0.15, 0.2) is 10.8 Å². The van der Waals surface area contributed by atoms with Gasteiger partial charge in [-0.3, -0.25) is 19.4 Å². The van der Waals surface area contributed by atoms with E-state index in [2.05, 4.69) is 10.3 Å². The second kappa shape index (κ2) is 11.1. The number of amides is 2. The van der Waals surface area contributed by atoms with Crippen LogP contribution in [0.2, 0.25) is 0 Å². The summed E-state index contributed by atoms with van der Waals surface area (Å²) in [6.45, 7) is 3.37. The fourth-order valence-corrected chi connectivity index (χ4v) is 7.61. The summed E-state index contributed by atoms with van der Waals surface area (Å²) in [5, 5.41) is 2.74. The highest BCUT2D eigenvalue weighted by Crippen LogP contribution is 2.34. The topological polar surface area (TPSA) is 143 Å². The largest absolute Gasteiger partial charge is 0.414 e. The maximum absolute atomic E-state index is 13.7. The molecule has 2 saturated heterocycles. The van der Waals surface area contributed by atoms with Gasteiger partial charge in [0.2, 0.25) is 5.91 Å². The number of ketones is 1. The van der Waals surface area contributed by atoms with Crippen molar-refractivity contribution < 1.29 is 32.3 Å². The molecule has 2 aliphatic heterocycles. The summed E-state index contributed by atoms with van der Waals surface area (Å²) in [5.74, 6) is -0.966. The van der Waals surface area contributed by atoms with E-state index in [1.165, 1.54) is 34.6 Å². The number of rotatable bonds is 7. The Balaban J connectivity index is 1.31. The van der Waals surface area contributed by atoms with Crippen LogP contribution in [-0.2, 0) is 19.6 Å². The Bertz CT molecular complexity index is 1540. The molecule has 13 heteroatoms. The molecule has 210 valence electrons. The first kappa shape index (κ1) is 27.9. The summed E-state index contributed by atoms with van der Waals surface area (Å²) in [5.41, 5.74) is -0.248. The van der Waals surface area contributed by atoms with Crippen LogP contribution in [0.5, 0.6) is 5.06 Å². The van der Waals surface area contributed by atoms with Gasteiger partial charge in [-0.1, -0.05) is 49.4 Å². The molecule has 3 aromatic rings. The number of thiophene rings is 1. The normalized spacial score (nSPS) is 20.1. The van der Waals surface area contributed by atoms with E-state index in [-0.39, 0.29) is 31.0 Å². The predicted molar refractivity (Wildman–Crippen MR) is 147 cm³/mol. The molecule has 2 amide bonds. The molecular formula is C27H28N4O7S2. The van der Waals surface area contributed by atoms with E-state index >= 15 is 0 Å². The van der Waals surface area contributed by atoms with Gasteiger partial charge in [0.05, 0.1) is 12.6 Å². The quantitative estimate of drug-likeness (QED) is 0.447. The van der Waals surface area contributed by atoms with Crippen LogP contribution < -0.4 is 10.1 Å². The van der Waals surface area contributed by atoms with Gasteiger partial charge in [0.1, 0.15) is 17.8 Å². The van der Waals surface area contributed by atoms with Gasteiger partial charge in [-0.25, -0.2) is 13.2 Å². The maximum Gasteiger partial charge on any atom is 0.414 e. The first-order chi connectivity index (χ1) is 19.1. The number of likely N-dealkylation sites (tertiary alicyclic amines) is 1. The van der Waals surface area contributed by atoms with Crippen molar-refractivity contribution in [1.29, 1.82) is 0 Å². The van der Waals surface area contributed by atoms with Gasteiger partial charge in [0.25, 0.3) is 10.0 Å². The van der Waals surface area contributed by atoms with Crippen molar-refractivity contribution >= 4 is 54.3 Å². The molecule has 4 heterocycles. The number of nitrogens with one attached hydrogen (secondary N) is 1. The molecule has 0 saturated carbocycles. The molecular weight excluding hydrogens is 556 g/mol. The molecule has 2 aliphatic rings. The number of carbonyl (C=O) groups excluding carboxylic acids is 4. The van der Waals surface area contributed by atoms with Gasteiger partial charge in [-0.15, -0.1) is 0 Å². The number of nitrogens with zero attached hydrogens (tertiary/aromatic N) is 3. The highest BCUT2D eigenvalue weighted by Gasteiger charge is 2.55. The zero-order valence-electron chi connectivity index (χ0n) is 21.8.